The molecule has 0 aromatic heterocycles. The van der Waals surface area contributed by atoms with Crippen LogP contribution >= 0.6 is 0 Å². The van der Waals surface area contributed by atoms with E-state index in [0.717, 1.165) is 19.3 Å². The lowest BCUT2D eigenvalue weighted by Crippen LogP contribution is -2.50. The number of nitrogens with one attached hydrogen (secondary N) is 1. The van der Waals surface area contributed by atoms with E-state index in [1.54, 1.807) is 7.11 Å². The average Bonchev–Trinajstić information content (AvgIpc) is 2.78. The zero-order chi connectivity index (χ0) is 13.5. The standard InChI is InChI=1S/C12H22N2O4/c1-3-5-9(8-18-2)13-12(17)14-7-4-6-10(14)11(15)16/h9-10H,3-8H2,1-2H3,(H,13,17)(H,15,16)/t9?,10-/m1/s1. The van der Waals surface area contributed by atoms with Crippen LogP contribution in [0, 0.1) is 0 Å². The van der Waals surface area contributed by atoms with Crippen LogP contribution in [0.1, 0.15) is 32.6 Å². The summed E-state index contributed by atoms with van der Waals surface area (Å²) in [6, 6.07) is -1.03. The lowest BCUT2D eigenvalue weighted by Gasteiger charge is -2.25. The van der Waals surface area contributed by atoms with Crippen molar-refractivity contribution >= 4 is 12.0 Å². The summed E-state index contributed by atoms with van der Waals surface area (Å²) in [6.45, 7) is 2.99. The smallest absolute Gasteiger partial charge is 0.326 e. The summed E-state index contributed by atoms with van der Waals surface area (Å²) in [5.74, 6) is -0.929. The van der Waals surface area contributed by atoms with Crippen molar-refractivity contribution in [2.24, 2.45) is 0 Å². The largest absolute Gasteiger partial charge is 0.480 e. The summed E-state index contributed by atoms with van der Waals surface area (Å²) >= 11 is 0. The Morgan fingerprint density at radius 3 is 2.83 bits per heavy atom. The monoisotopic (exact) mass is 258 g/mol. The highest BCUT2D eigenvalue weighted by molar-refractivity contribution is 5.83. The first-order valence-electron chi connectivity index (χ1n) is 6.39. The van der Waals surface area contributed by atoms with E-state index in [2.05, 4.69) is 5.32 Å². The van der Waals surface area contributed by atoms with E-state index in [1.165, 1.54) is 4.90 Å². The molecule has 6 heteroatoms. The number of amides is 2. The van der Waals surface area contributed by atoms with Gasteiger partial charge in [0.1, 0.15) is 6.04 Å². The summed E-state index contributed by atoms with van der Waals surface area (Å²) < 4.78 is 5.04. The number of ether oxygens (including phenoxy) is 1. The van der Waals surface area contributed by atoms with Gasteiger partial charge in [-0.25, -0.2) is 9.59 Å². The molecule has 0 aromatic carbocycles. The predicted molar refractivity (Wildman–Crippen MR) is 66.5 cm³/mol. The van der Waals surface area contributed by atoms with Gasteiger partial charge in [-0.15, -0.1) is 0 Å². The quantitative estimate of drug-likeness (QED) is 0.746. The second kappa shape index (κ2) is 7.20. The van der Waals surface area contributed by atoms with Crippen molar-refractivity contribution in [3.63, 3.8) is 0 Å². The van der Waals surface area contributed by atoms with Crippen LogP contribution in [0.2, 0.25) is 0 Å². The fourth-order valence-electron chi connectivity index (χ4n) is 2.27. The number of hydrogen-bond donors (Lipinski definition) is 2. The Morgan fingerprint density at radius 1 is 1.56 bits per heavy atom. The van der Waals surface area contributed by atoms with Gasteiger partial charge >= 0.3 is 12.0 Å². The fourth-order valence-corrected chi connectivity index (χ4v) is 2.27. The van der Waals surface area contributed by atoms with Gasteiger partial charge in [-0.05, 0) is 19.3 Å². The first kappa shape index (κ1) is 14.8. The first-order valence-corrected chi connectivity index (χ1v) is 6.39. The third-order valence-electron chi connectivity index (χ3n) is 3.13. The zero-order valence-corrected chi connectivity index (χ0v) is 11.0. The lowest BCUT2D eigenvalue weighted by molar-refractivity contribution is -0.141. The Morgan fingerprint density at radius 2 is 2.28 bits per heavy atom. The SMILES string of the molecule is CCCC(COC)NC(=O)N1CCC[C@@H]1C(=O)O. The van der Waals surface area contributed by atoms with Crippen molar-refractivity contribution in [1.82, 2.24) is 10.2 Å². The van der Waals surface area contributed by atoms with E-state index >= 15 is 0 Å². The van der Waals surface area contributed by atoms with Gasteiger partial charge < -0.3 is 20.1 Å². The Kier molecular flexibility index (Phi) is 5.91. The van der Waals surface area contributed by atoms with Gasteiger partial charge in [-0.2, -0.15) is 0 Å². The maximum Gasteiger partial charge on any atom is 0.326 e. The van der Waals surface area contributed by atoms with Crippen molar-refractivity contribution in [2.45, 2.75) is 44.7 Å². The molecule has 1 aliphatic heterocycles. The number of rotatable bonds is 6. The molecule has 6 nitrogen and oxygen atoms in total. The summed E-state index contributed by atoms with van der Waals surface area (Å²) in [4.78, 5) is 24.4. The van der Waals surface area contributed by atoms with E-state index in [-0.39, 0.29) is 12.1 Å². The van der Waals surface area contributed by atoms with Crippen molar-refractivity contribution in [2.75, 3.05) is 20.3 Å². The van der Waals surface area contributed by atoms with Gasteiger partial charge in [0.25, 0.3) is 0 Å². The molecular formula is C12H22N2O4. The van der Waals surface area contributed by atoms with Crippen molar-refractivity contribution in [3.05, 3.63) is 0 Å². The summed E-state index contributed by atoms with van der Waals surface area (Å²) in [5.41, 5.74) is 0. The minimum Gasteiger partial charge on any atom is -0.480 e. The van der Waals surface area contributed by atoms with E-state index in [9.17, 15) is 9.59 Å². The van der Waals surface area contributed by atoms with Crippen molar-refractivity contribution < 1.29 is 19.4 Å². The highest BCUT2D eigenvalue weighted by atomic mass is 16.5. The number of nitrogens with zero attached hydrogens (tertiary/aromatic N) is 1. The van der Waals surface area contributed by atoms with E-state index in [0.29, 0.717) is 19.6 Å². The minimum absolute atomic E-state index is 0.0532. The van der Waals surface area contributed by atoms with E-state index in [1.807, 2.05) is 6.92 Å². The Hall–Kier alpha value is -1.30. The fraction of sp³-hybridized carbons (Fsp3) is 0.833. The van der Waals surface area contributed by atoms with Crippen LogP contribution < -0.4 is 5.32 Å². The predicted octanol–water partition coefficient (Wildman–Crippen LogP) is 1.06. The molecule has 1 fully saturated rings. The Labute approximate surface area is 107 Å². The second-order valence-corrected chi connectivity index (χ2v) is 4.58. The van der Waals surface area contributed by atoms with Gasteiger partial charge in [-0.1, -0.05) is 13.3 Å². The molecule has 2 N–H and O–H groups in total. The molecule has 1 saturated heterocycles. The highest BCUT2D eigenvalue weighted by Crippen LogP contribution is 2.17. The maximum atomic E-state index is 12.0. The summed E-state index contributed by atoms with van der Waals surface area (Å²) in [7, 11) is 1.59. The third-order valence-corrected chi connectivity index (χ3v) is 3.13. The highest BCUT2D eigenvalue weighted by Gasteiger charge is 2.34. The number of carbonyl (C=O) groups excluding carboxylic acids is 1. The van der Waals surface area contributed by atoms with Crippen molar-refractivity contribution in [1.29, 1.82) is 0 Å². The van der Waals surface area contributed by atoms with Crippen LogP contribution in [-0.4, -0.2) is 54.4 Å². The number of hydrogen-bond acceptors (Lipinski definition) is 3. The molecule has 1 aliphatic rings. The Bertz CT molecular complexity index is 290. The molecule has 0 radical (unpaired) electrons. The van der Waals surface area contributed by atoms with Gasteiger partial charge in [0, 0.05) is 13.7 Å². The molecule has 2 amide bonds. The number of methoxy groups -OCH3 is 1. The molecule has 1 rings (SSSR count). The van der Waals surface area contributed by atoms with Gasteiger partial charge in [0.2, 0.25) is 0 Å². The first-order chi connectivity index (χ1) is 8.60. The third kappa shape index (κ3) is 3.87. The van der Waals surface area contributed by atoms with Crippen LogP contribution in [0.15, 0.2) is 0 Å². The number of carboxylic acid groups (broad SMARTS) is 1. The van der Waals surface area contributed by atoms with Crippen molar-refractivity contribution in [3.8, 4) is 0 Å². The molecular weight excluding hydrogens is 236 g/mol. The van der Waals surface area contributed by atoms with E-state index in [4.69, 9.17) is 9.84 Å². The van der Waals surface area contributed by atoms with Crippen LogP contribution in [0.25, 0.3) is 0 Å². The molecule has 1 heterocycles. The average molecular weight is 258 g/mol. The molecule has 0 spiro atoms. The van der Waals surface area contributed by atoms with Crippen LogP contribution in [0.5, 0.6) is 0 Å². The summed E-state index contributed by atoms with van der Waals surface area (Å²) in [6.07, 6.45) is 3.04. The molecule has 0 aliphatic carbocycles. The van der Waals surface area contributed by atoms with Crippen LogP contribution in [0.4, 0.5) is 4.79 Å². The van der Waals surface area contributed by atoms with E-state index < -0.39 is 12.0 Å². The number of carboxylic acids is 1. The van der Waals surface area contributed by atoms with Gasteiger partial charge in [-0.3, -0.25) is 0 Å². The topological polar surface area (TPSA) is 78.9 Å². The normalized spacial score (nSPS) is 20.8. The molecule has 1 unspecified atom stereocenters. The molecule has 0 saturated carbocycles. The van der Waals surface area contributed by atoms with Crippen LogP contribution in [0.3, 0.4) is 0 Å². The number of aliphatic carboxylic acids is 1. The number of carbonyl (C=O) groups is 2. The maximum absolute atomic E-state index is 12.0. The molecule has 104 valence electrons. The Balaban J connectivity index is 2.54. The summed E-state index contributed by atoms with van der Waals surface area (Å²) in [5, 5.41) is 11.9. The molecule has 0 aromatic rings. The van der Waals surface area contributed by atoms with Crippen LogP contribution in [-0.2, 0) is 9.53 Å². The van der Waals surface area contributed by atoms with Gasteiger partial charge in [0.05, 0.1) is 12.6 Å². The molecule has 0 bridgehead atoms. The second-order valence-electron chi connectivity index (χ2n) is 4.58. The minimum atomic E-state index is -0.929. The molecule has 18 heavy (non-hydrogen) atoms. The molecule has 2 atom stereocenters. The number of urea groups is 1. The van der Waals surface area contributed by atoms with Gasteiger partial charge in [0.15, 0.2) is 0 Å². The lowest BCUT2D eigenvalue weighted by atomic mass is 10.2. The number of likely N-dealkylation sites (tertiary alicyclic amines) is 1. The zero-order valence-electron chi connectivity index (χ0n) is 11.0.